The van der Waals surface area contributed by atoms with E-state index in [-0.39, 0.29) is 6.10 Å². The van der Waals surface area contributed by atoms with Crippen LogP contribution in [-0.4, -0.2) is 42.3 Å². The van der Waals surface area contributed by atoms with Crippen LogP contribution in [-0.2, 0) is 0 Å². The summed E-state index contributed by atoms with van der Waals surface area (Å²) in [6.07, 6.45) is 4.50. The van der Waals surface area contributed by atoms with E-state index in [0.29, 0.717) is 6.54 Å². The van der Waals surface area contributed by atoms with Crippen molar-refractivity contribution in [3.8, 4) is 0 Å². The first-order valence-corrected chi connectivity index (χ1v) is 6.74. The molecule has 3 heteroatoms. The zero-order valence-corrected chi connectivity index (χ0v) is 10.9. The number of aliphatic hydroxyl groups is 1. The van der Waals surface area contributed by atoms with Gasteiger partial charge in [0, 0.05) is 13.1 Å². The molecule has 1 rings (SSSR count). The van der Waals surface area contributed by atoms with E-state index in [1.54, 1.807) is 0 Å². The van der Waals surface area contributed by atoms with Crippen molar-refractivity contribution < 1.29 is 5.11 Å². The minimum Gasteiger partial charge on any atom is -0.392 e. The van der Waals surface area contributed by atoms with E-state index in [1.165, 1.54) is 32.4 Å². The molecule has 3 N–H and O–H groups in total. The Morgan fingerprint density at radius 2 is 2.06 bits per heavy atom. The zero-order chi connectivity index (χ0) is 12.0. The van der Waals surface area contributed by atoms with Crippen LogP contribution in [0, 0.1) is 11.8 Å². The Balaban J connectivity index is 2.25. The third-order valence-corrected chi connectivity index (χ3v) is 3.86. The van der Waals surface area contributed by atoms with Gasteiger partial charge in [-0.05, 0) is 50.6 Å². The van der Waals surface area contributed by atoms with Gasteiger partial charge in [0.25, 0.3) is 0 Å². The number of nitrogens with zero attached hydrogens (tertiary/aromatic N) is 1. The molecule has 96 valence electrons. The van der Waals surface area contributed by atoms with Gasteiger partial charge in [0.1, 0.15) is 0 Å². The van der Waals surface area contributed by atoms with Crippen molar-refractivity contribution in [1.82, 2.24) is 4.90 Å². The molecule has 2 unspecified atom stereocenters. The van der Waals surface area contributed by atoms with Gasteiger partial charge in [0.05, 0.1) is 6.10 Å². The topological polar surface area (TPSA) is 49.5 Å². The molecule has 0 radical (unpaired) electrons. The van der Waals surface area contributed by atoms with E-state index in [2.05, 4.69) is 18.7 Å². The second-order valence-corrected chi connectivity index (χ2v) is 5.45. The molecule has 1 aliphatic rings. The molecular weight excluding hydrogens is 200 g/mol. The average Bonchev–Trinajstić information content (AvgIpc) is 2.51. The number of likely N-dealkylation sites (tertiary alicyclic amines) is 1. The largest absolute Gasteiger partial charge is 0.392 e. The zero-order valence-electron chi connectivity index (χ0n) is 10.9. The lowest BCUT2D eigenvalue weighted by Crippen LogP contribution is -2.31. The normalized spacial score (nSPS) is 25.7. The molecule has 0 bridgehead atoms. The minimum absolute atomic E-state index is 0.316. The van der Waals surface area contributed by atoms with Crippen LogP contribution in [0.1, 0.15) is 39.5 Å². The maximum absolute atomic E-state index is 9.45. The Morgan fingerprint density at radius 3 is 2.69 bits per heavy atom. The molecule has 0 saturated carbocycles. The fourth-order valence-corrected chi connectivity index (χ4v) is 2.52. The van der Waals surface area contributed by atoms with Crippen LogP contribution in [0.3, 0.4) is 0 Å². The Labute approximate surface area is 100 Å². The van der Waals surface area contributed by atoms with E-state index in [4.69, 9.17) is 5.73 Å². The number of rotatable bonds is 5. The first-order chi connectivity index (χ1) is 7.63. The van der Waals surface area contributed by atoms with Gasteiger partial charge in [-0.25, -0.2) is 0 Å². The molecule has 0 aromatic heterocycles. The maximum atomic E-state index is 9.45. The second-order valence-electron chi connectivity index (χ2n) is 5.45. The van der Waals surface area contributed by atoms with Crippen LogP contribution in [0.25, 0.3) is 0 Å². The summed E-state index contributed by atoms with van der Waals surface area (Å²) in [5.74, 6) is 1.71. The van der Waals surface area contributed by atoms with Crippen molar-refractivity contribution in [2.24, 2.45) is 17.6 Å². The van der Waals surface area contributed by atoms with Crippen molar-refractivity contribution in [2.75, 3.05) is 26.2 Å². The predicted molar refractivity (Wildman–Crippen MR) is 68.3 cm³/mol. The lowest BCUT2D eigenvalue weighted by molar-refractivity contribution is 0.147. The van der Waals surface area contributed by atoms with Crippen LogP contribution in [0.5, 0.6) is 0 Å². The standard InChI is InChI=1S/C13H28N2O/c1-11(2)12-4-3-7-15(8-5-12)9-6-13(16)10-14/h11-13,16H,3-10,14H2,1-2H3. The van der Waals surface area contributed by atoms with Gasteiger partial charge in [0.15, 0.2) is 0 Å². The molecule has 3 nitrogen and oxygen atoms in total. The van der Waals surface area contributed by atoms with Crippen LogP contribution < -0.4 is 5.73 Å². The fraction of sp³-hybridized carbons (Fsp3) is 1.00. The lowest BCUT2D eigenvalue weighted by Gasteiger charge is -2.22. The lowest BCUT2D eigenvalue weighted by atomic mass is 9.89. The molecule has 16 heavy (non-hydrogen) atoms. The van der Waals surface area contributed by atoms with E-state index in [0.717, 1.165) is 24.8 Å². The number of hydrogen-bond acceptors (Lipinski definition) is 3. The van der Waals surface area contributed by atoms with Crippen LogP contribution in [0.2, 0.25) is 0 Å². The van der Waals surface area contributed by atoms with Crippen LogP contribution in [0.4, 0.5) is 0 Å². The molecule has 1 fully saturated rings. The molecule has 1 heterocycles. The van der Waals surface area contributed by atoms with E-state index in [1.807, 2.05) is 0 Å². The van der Waals surface area contributed by atoms with Crippen LogP contribution >= 0.6 is 0 Å². The van der Waals surface area contributed by atoms with Crippen molar-refractivity contribution in [3.05, 3.63) is 0 Å². The summed E-state index contributed by atoms with van der Waals surface area (Å²) in [6.45, 7) is 8.45. The summed E-state index contributed by atoms with van der Waals surface area (Å²) in [4.78, 5) is 2.49. The third kappa shape index (κ3) is 4.81. The number of aliphatic hydroxyl groups excluding tert-OH is 1. The quantitative estimate of drug-likeness (QED) is 0.749. The first kappa shape index (κ1) is 13.9. The van der Waals surface area contributed by atoms with Gasteiger partial charge in [-0.15, -0.1) is 0 Å². The highest BCUT2D eigenvalue weighted by atomic mass is 16.3. The molecular formula is C13H28N2O. The number of hydrogen-bond donors (Lipinski definition) is 2. The smallest absolute Gasteiger partial charge is 0.0674 e. The first-order valence-electron chi connectivity index (χ1n) is 6.74. The van der Waals surface area contributed by atoms with Gasteiger partial charge in [0.2, 0.25) is 0 Å². The Kier molecular flexibility index (Phi) is 6.32. The van der Waals surface area contributed by atoms with Crippen molar-refractivity contribution >= 4 is 0 Å². The maximum Gasteiger partial charge on any atom is 0.0674 e. The van der Waals surface area contributed by atoms with Crippen molar-refractivity contribution in [3.63, 3.8) is 0 Å². The molecule has 0 aromatic carbocycles. The molecule has 1 aliphatic heterocycles. The summed E-state index contributed by atoms with van der Waals surface area (Å²) in [5.41, 5.74) is 5.41. The van der Waals surface area contributed by atoms with Gasteiger partial charge in [-0.1, -0.05) is 13.8 Å². The summed E-state index contributed by atoms with van der Waals surface area (Å²) >= 11 is 0. The third-order valence-electron chi connectivity index (χ3n) is 3.86. The molecule has 2 atom stereocenters. The molecule has 0 spiro atoms. The van der Waals surface area contributed by atoms with Gasteiger partial charge in [-0.3, -0.25) is 0 Å². The van der Waals surface area contributed by atoms with Gasteiger partial charge >= 0.3 is 0 Å². The molecule has 0 aromatic rings. The van der Waals surface area contributed by atoms with E-state index < -0.39 is 0 Å². The molecule has 1 saturated heterocycles. The van der Waals surface area contributed by atoms with Crippen molar-refractivity contribution in [2.45, 2.75) is 45.6 Å². The average molecular weight is 228 g/mol. The predicted octanol–water partition coefficient (Wildman–Crippen LogP) is 1.45. The Hall–Kier alpha value is -0.120. The number of nitrogens with two attached hydrogens (primary N) is 1. The van der Waals surface area contributed by atoms with Crippen LogP contribution in [0.15, 0.2) is 0 Å². The highest BCUT2D eigenvalue weighted by Gasteiger charge is 2.19. The second kappa shape index (κ2) is 7.25. The molecule has 0 aliphatic carbocycles. The van der Waals surface area contributed by atoms with Crippen molar-refractivity contribution in [1.29, 1.82) is 0 Å². The monoisotopic (exact) mass is 228 g/mol. The Morgan fingerprint density at radius 1 is 1.31 bits per heavy atom. The summed E-state index contributed by atoms with van der Waals surface area (Å²) in [7, 11) is 0. The van der Waals surface area contributed by atoms with E-state index >= 15 is 0 Å². The summed E-state index contributed by atoms with van der Waals surface area (Å²) in [6, 6.07) is 0. The highest BCUT2D eigenvalue weighted by Crippen LogP contribution is 2.24. The highest BCUT2D eigenvalue weighted by molar-refractivity contribution is 4.73. The Bertz CT molecular complexity index is 185. The summed E-state index contributed by atoms with van der Waals surface area (Å²) < 4.78 is 0. The SMILES string of the molecule is CC(C)C1CCCN(CCC(O)CN)CC1. The fourth-order valence-electron chi connectivity index (χ4n) is 2.52. The van der Waals surface area contributed by atoms with Gasteiger partial charge < -0.3 is 15.7 Å². The molecule has 0 amide bonds. The minimum atomic E-state index is -0.316. The van der Waals surface area contributed by atoms with E-state index in [9.17, 15) is 5.11 Å². The van der Waals surface area contributed by atoms with Gasteiger partial charge in [-0.2, -0.15) is 0 Å². The summed E-state index contributed by atoms with van der Waals surface area (Å²) in [5, 5.41) is 9.45.